The Balaban J connectivity index is 1.83. The van der Waals surface area contributed by atoms with E-state index in [0.29, 0.717) is 11.6 Å². The number of nitrogens with one attached hydrogen (secondary N) is 1. The molecule has 0 fully saturated rings. The third-order valence-corrected chi connectivity index (χ3v) is 6.73. The first kappa shape index (κ1) is 23.2. The van der Waals surface area contributed by atoms with E-state index in [1.54, 1.807) is 30.3 Å². The summed E-state index contributed by atoms with van der Waals surface area (Å²) in [5.41, 5.74) is 5.87. The summed E-state index contributed by atoms with van der Waals surface area (Å²) in [6, 6.07) is 22.9. The van der Waals surface area contributed by atoms with Crippen molar-refractivity contribution in [1.82, 2.24) is 5.43 Å². The van der Waals surface area contributed by atoms with Crippen molar-refractivity contribution in [3.63, 3.8) is 0 Å². The summed E-state index contributed by atoms with van der Waals surface area (Å²) < 4.78 is 27.7. The molecule has 1 N–H and O–H groups in total. The number of carbonyl (C=O) groups is 1. The molecule has 0 heterocycles. The van der Waals surface area contributed by atoms with Crippen LogP contribution in [-0.2, 0) is 14.8 Å². The van der Waals surface area contributed by atoms with Gasteiger partial charge in [-0.3, -0.25) is 9.10 Å². The molecule has 0 bridgehead atoms. The number of benzene rings is 3. The maximum Gasteiger partial charge on any atom is 0.264 e. The first-order valence-corrected chi connectivity index (χ1v) is 11.8. The third-order valence-electron chi connectivity index (χ3n) is 4.95. The first-order chi connectivity index (χ1) is 15.3. The highest BCUT2D eigenvalue weighted by molar-refractivity contribution is 7.92. The van der Waals surface area contributed by atoms with Crippen molar-refractivity contribution in [2.24, 2.45) is 5.10 Å². The van der Waals surface area contributed by atoms with Gasteiger partial charge in [-0.05, 0) is 48.2 Å². The fraction of sp³-hybridized carbons (Fsp3) is 0.200. The smallest absolute Gasteiger partial charge is 0.264 e. The van der Waals surface area contributed by atoms with Gasteiger partial charge in [-0.1, -0.05) is 74.0 Å². The highest BCUT2D eigenvalue weighted by Gasteiger charge is 2.27. The van der Waals surface area contributed by atoms with Crippen LogP contribution in [0.15, 0.2) is 88.9 Å². The van der Waals surface area contributed by atoms with Crippen molar-refractivity contribution in [2.75, 3.05) is 10.8 Å². The van der Waals surface area contributed by atoms with Crippen molar-refractivity contribution in [2.45, 2.75) is 31.6 Å². The fourth-order valence-electron chi connectivity index (χ4n) is 3.06. The Bertz CT molecular complexity index is 1170. The van der Waals surface area contributed by atoms with Crippen LogP contribution in [0, 0.1) is 6.92 Å². The van der Waals surface area contributed by atoms with E-state index in [0.717, 1.165) is 21.0 Å². The van der Waals surface area contributed by atoms with Crippen molar-refractivity contribution in [1.29, 1.82) is 0 Å². The lowest BCUT2D eigenvalue weighted by Gasteiger charge is -2.24. The van der Waals surface area contributed by atoms with E-state index in [1.807, 2.05) is 43.3 Å². The highest BCUT2D eigenvalue weighted by atomic mass is 32.2. The van der Waals surface area contributed by atoms with Gasteiger partial charge in [-0.15, -0.1) is 0 Å². The quantitative estimate of drug-likeness (QED) is 0.407. The zero-order valence-electron chi connectivity index (χ0n) is 18.4. The summed E-state index contributed by atoms with van der Waals surface area (Å²) >= 11 is 0. The van der Waals surface area contributed by atoms with Gasteiger partial charge in [-0.25, -0.2) is 13.8 Å². The zero-order valence-corrected chi connectivity index (χ0v) is 19.2. The van der Waals surface area contributed by atoms with Gasteiger partial charge in [0.2, 0.25) is 0 Å². The van der Waals surface area contributed by atoms with Gasteiger partial charge in [0.15, 0.2) is 0 Å². The number of sulfonamides is 1. The maximum atomic E-state index is 13.3. The predicted octanol–water partition coefficient (Wildman–Crippen LogP) is 4.46. The minimum absolute atomic E-state index is 0.115. The van der Waals surface area contributed by atoms with E-state index in [-0.39, 0.29) is 4.90 Å². The van der Waals surface area contributed by atoms with E-state index in [2.05, 4.69) is 24.4 Å². The van der Waals surface area contributed by atoms with Crippen molar-refractivity contribution >= 4 is 27.8 Å². The van der Waals surface area contributed by atoms with Crippen LogP contribution in [-0.4, -0.2) is 27.1 Å². The van der Waals surface area contributed by atoms with Gasteiger partial charge >= 0.3 is 0 Å². The van der Waals surface area contributed by atoms with E-state index in [4.69, 9.17) is 0 Å². The molecule has 0 saturated carbocycles. The number of aryl methyl sites for hydroxylation is 1. The molecule has 0 aliphatic rings. The molecule has 166 valence electrons. The van der Waals surface area contributed by atoms with Crippen molar-refractivity contribution < 1.29 is 13.2 Å². The number of rotatable bonds is 8. The van der Waals surface area contributed by atoms with Gasteiger partial charge in [0.05, 0.1) is 16.8 Å². The Morgan fingerprint density at radius 1 is 0.969 bits per heavy atom. The molecule has 7 heteroatoms. The van der Waals surface area contributed by atoms with Crippen LogP contribution in [0.5, 0.6) is 0 Å². The number of hydrogen-bond acceptors (Lipinski definition) is 4. The average molecular weight is 450 g/mol. The lowest BCUT2D eigenvalue weighted by molar-refractivity contribution is -0.119. The van der Waals surface area contributed by atoms with Crippen LogP contribution in [0.25, 0.3) is 0 Å². The number of anilines is 1. The molecule has 0 aliphatic heterocycles. The second-order valence-corrected chi connectivity index (χ2v) is 9.64. The van der Waals surface area contributed by atoms with E-state index in [9.17, 15) is 13.2 Å². The molecular weight excluding hydrogens is 422 g/mol. The van der Waals surface area contributed by atoms with Gasteiger partial charge in [0, 0.05) is 0 Å². The number of amides is 1. The molecule has 0 atom stereocenters. The van der Waals surface area contributed by atoms with Gasteiger partial charge in [-0.2, -0.15) is 5.10 Å². The van der Waals surface area contributed by atoms with Gasteiger partial charge in [0.1, 0.15) is 6.54 Å². The maximum absolute atomic E-state index is 13.3. The first-order valence-electron chi connectivity index (χ1n) is 10.3. The zero-order chi connectivity index (χ0) is 23.1. The molecule has 3 aromatic rings. The monoisotopic (exact) mass is 449 g/mol. The minimum atomic E-state index is -3.94. The molecule has 0 unspecified atom stereocenters. The summed E-state index contributed by atoms with van der Waals surface area (Å²) in [7, 11) is -3.94. The molecule has 3 aromatic carbocycles. The van der Waals surface area contributed by atoms with Crippen LogP contribution in [0.2, 0.25) is 0 Å². The van der Waals surface area contributed by atoms with Crippen molar-refractivity contribution in [3.8, 4) is 0 Å². The molecule has 1 amide bonds. The normalized spacial score (nSPS) is 11.6. The van der Waals surface area contributed by atoms with Crippen LogP contribution >= 0.6 is 0 Å². The largest absolute Gasteiger partial charge is 0.271 e. The third kappa shape index (κ3) is 5.82. The predicted molar refractivity (Wildman–Crippen MR) is 128 cm³/mol. The Kier molecular flexibility index (Phi) is 7.43. The summed E-state index contributed by atoms with van der Waals surface area (Å²) in [5.74, 6) is -0.233. The molecule has 0 aliphatic carbocycles. The van der Waals surface area contributed by atoms with E-state index >= 15 is 0 Å². The Morgan fingerprint density at radius 2 is 1.59 bits per heavy atom. The number of hydrazone groups is 1. The summed E-state index contributed by atoms with van der Waals surface area (Å²) in [6.45, 7) is 5.71. The molecule has 32 heavy (non-hydrogen) atoms. The fourth-order valence-corrected chi connectivity index (χ4v) is 4.50. The average Bonchev–Trinajstić information content (AvgIpc) is 2.79. The topological polar surface area (TPSA) is 78.8 Å². The SMILES string of the molecule is Cc1ccc(/C=N/NC(=O)CN(c2ccc(C(C)C)cc2)S(=O)(=O)c2ccccc2)cc1. The highest BCUT2D eigenvalue weighted by Crippen LogP contribution is 2.25. The minimum Gasteiger partial charge on any atom is -0.271 e. The number of hydrogen-bond donors (Lipinski definition) is 1. The summed E-state index contributed by atoms with van der Waals surface area (Å²) in [5, 5.41) is 3.96. The van der Waals surface area contributed by atoms with E-state index < -0.39 is 22.5 Å². The van der Waals surface area contributed by atoms with Gasteiger partial charge < -0.3 is 0 Å². The standard InChI is InChI=1S/C25H27N3O3S/c1-19(2)22-13-15-23(16-14-22)28(32(30,31)24-7-5-4-6-8-24)18-25(29)27-26-17-21-11-9-20(3)10-12-21/h4-17,19H,18H2,1-3H3,(H,27,29)/b26-17+. The Labute approximate surface area is 189 Å². The molecule has 0 aromatic heterocycles. The van der Waals surface area contributed by atoms with Crippen LogP contribution in [0.3, 0.4) is 0 Å². The van der Waals surface area contributed by atoms with E-state index in [1.165, 1.54) is 18.3 Å². The van der Waals surface area contributed by atoms with Gasteiger partial charge in [0.25, 0.3) is 15.9 Å². The Hall–Kier alpha value is -3.45. The lowest BCUT2D eigenvalue weighted by atomic mass is 10.0. The summed E-state index contributed by atoms with van der Waals surface area (Å²) in [4.78, 5) is 12.7. The second-order valence-electron chi connectivity index (χ2n) is 7.77. The molecular formula is C25H27N3O3S. The number of carbonyl (C=O) groups excluding carboxylic acids is 1. The lowest BCUT2D eigenvalue weighted by Crippen LogP contribution is -2.39. The molecule has 3 rings (SSSR count). The molecule has 0 radical (unpaired) electrons. The molecule has 6 nitrogen and oxygen atoms in total. The van der Waals surface area contributed by atoms with Crippen LogP contribution < -0.4 is 9.73 Å². The Morgan fingerprint density at radius 3 is 2.19 bits per heavy atom. The van der Waals surface area contributed by atoms with Crippen LogP contribution in [0.1, 0.15) is 36.5 Å². The second kappa shape index (κ2) is 10.2. The number of nitrogens with zero attached hydrogens (tertiary/aromatic N) is 2. The molecule has 0 saturated heterocycles. The van der Waals surface area contributed by atoms with Crippen molar-refractivity contribution in [3.05, 3.63) is 95.6 Å². The van der Waals surface area contributed by atoms with Crippen LogP contribution in [0.4, 0.5) is 5.69 Å². The molecule has 0 spiro atoms. The summed E-state index contributed by atoms with van der Waals surface area (Å²) in [6.07, 6.45) is 1.52.